The number of ketones is 1. The topological polar surface area (TPSA) is 40.5 Å². The van der Waals surface area contributed by atoms with Crippen LogP contribution in [-0.2, 0) is 4.79 Å². The van der Waals surface area contributed by atoms with E-state index in [4.69, 9.17) is 0 Å². The van der Waals surface area contributed by atoms with Crippen molar-refractivity contribution in [2.45, 2.75) is 45.5 Å². The highest BCUT2D eigenvalue weighted by molar-refractivity contribution is 6.45. The minimum atomic E-state index is -0.486. The van der Waals surface area contributed by atoms with Gasteiger partial charge < -0.3 is 9.83 Å². The normalized spacial score (nSPS) is 30.4. The first kappa shape index (κ1) is 10.2. The molecule has 0 aromatic carbocycles. The van der Waals surface area contributed by atoms with Crippen molar-refractivity contribution in [3.63, 3.8) is 0 Å². The monoisotopic (exact) mass is 195 g/mol. The molecule has 2 fully saturated rings. The van der Waals surface area contributed by atoms with Crippen molar-refractivity contribution in [1.29, 1.82) is 0 Å². The Hall–Kier alpha value is -0.345. The summed E-state index contributed by atoms with van der Waals surface area (Å²) in [7, 11) is -0.486. The molecule has 0 aromatic heterocycles. The van der Waals surface area contributed by atoms with Gasteiger partial charge in [0.1, 0.15) is 5.78 Å². The van der Waals surface area contributed by atoms with Gasteiger partial charge in [0.2, 0.25) is 0 Å². The highest BCUT2D eigenvalue weighted by Gasteiger charge is 2.49. The summed E-state index contributed by atoms with van der Waals surface area (Å²) in [4.78, 5) is 13.4. The van der Waals surface area contributed by atoms with E-state index in [1.54, 1.807) is 13.7 Å². The Morgan fingerprint density at radius 1 is 1.50 bits per heavy atom. The summed E-state index contributed by atoms with van der Waals surface area (Å²) >= 11 is 0. The highest BCUT2D eigenvalue weighted by Crippen LogP contribution is 2.55. The summed E-state index contributed by atoms with van der Waals surface area (Å²) < 4.78 is 0. The lowest BCUT2D eigenvalue weighted by Gasteiger charge is -2.39. The van der Waals surface area contributed by atoms with Crippen LogP contribution >= 0.6 is 0 Å². The van der Waals surface area contributed by atoms with Crippen LogP contribution in [0, 0.1) is 5.41 Å². The van der Waals surface area contributed by atoms with Gasteiger partial charge in [0, 0.05) is 0 Å². The van der Waals surface area contributed by atoms with E-state index in [-0.39, 0.29) is 11.8 Å². The molecular weight excluding hydrogens is 177 g/mol. The molecule has 0 amide bonds. The predicted octanol–water partition coefficient (Wildman–Crippen LogP) is 0.930. The van der Waals surface area contributed by atoms with Crippen LogP contribution in [0.2, 0.25) is 6.82 Å². The molecular formula is C10H18BNO2. The maximum atomic E-state index is 11.5. The number of Topliss-reactive ketones (excluding diaryl/α,β-unsaturated/α-hetero) is 1. The second-order valence-electron chi connectivity index (χ2n) is 4.95. The molecule has 3 nitrogen and oxygen atoms in total. The Labute approximate surface area is 85.6 Å². The molecule has 1 aliphatic carbocycles. The van der Waals surface area contributed by atoms with Crippen molar-refractivity contribution >= 4 is 12.8 Å². The fourth-order valence-electron chi connectivity index (χ4n) is 2.61. The van der Waals surface area contributed by atoms with Gasteiger partial charge in [-0.1, -0.05) is 0 Å². The zero-order valence-electron chi connectivity index (χ0n) is 8.99. The van der Waals surface area contributed by atoms with Crippen molar-refractivity contribution in [1.82, 2.24) is 4.81 Å². The zero-order valence-corrected chi connectivity index (χ0v) is 8.99. The highest BCUT2D eigenvalue weighted by atomic mass is 16.2. The number of nitrogens with zero attached hydrogens (tertiary/aromatic N) is 1. The summed E-state index contributed by atoms with van der Waals surface area (Å²) in [6.45, 7) is 4.27. The van der Waals surface area contributed by atoms with Crippen LogP contribution in [0.5, 0.6) is 0 Å². The SMILES string of the molecule is CB(O)N1CCC2(CC2)C[C@@H]1C(C)=O. The molecule has 1 saturated heterocycles. The van der Waals surface area contributed by atoms with E-state index in [1.165, 1.54) is 12.8 Å². The Bertz CT molecular complexity index is 251. The number of carbonyl (C=O) groups excluding carboxylic acids is 1. The van der Waals surface area contributed by atoms with Gasteiger partial charge in [-0.2, -0.15) is 0 Å². The van der Waals surface area contributed by atoms with Gasteiger partial charge in [-0.3, -0.25) is 4.79 Å². The molecule has 78 valence electrons. The van der Waals surface area contributed by atoms with Crippen LogP contribution in [0.1, 0.15) is 32.6 Å². The van der Waals surface area contributed by atoms with Gasteiger partial charge in [0.25, 0.3) is 0 Å². The predicted molar refractivity (Wildman–Crippen MR) is 55.9 cm³/mol. The third-order valence-electron chi connectivity index (χ3n) is 3.83. The standard InChI is InChI=1S/C10H18BNO2/c1-8(13)9-7-10(3-4-10)5-6-12(9)11(2)14/h9,14H,3-7H2,1-2H3/t9-/m1/s1. The van der Waals surface area contributed by atoms with E-state index >= 15 is 0 Å². The molecule has 1 saturated carbocycles. The van der Waals surface area contributed by atoms with Gasteiger partial charge in [-0.25, -0.2) is 0 Å². The van der Waals surface area contributed by atoms with Crippen LogP contribution < -0.4 is 0 Å². The summed E-state index contributed by atoms with van der Waals surface area (Å²) in [5.41, 5.74) is 0.474. The zero-order chi connectivity index (χ0) is 10.3. The molecule has 4 heteroatoms. The summed E-state index contributed by atoms with van der Waals surface area (Å²) in [6, 6.07) is -0.0359. The van der Waals surface area contributed by atoms with Gasteiger partial charge >= 0.3 is 7.05 Å². The molecule has 0 radical (unpaired) electrons. The van der Waals surface area contributed by atoms with Crippen molar-refractivity contribution in [3.8, 4) is 0 Å². The molecule has 2 rings (SSSR count). The van der Waals surface area contributed by atoms with Gasteiger partial charge in [0.05, 0.1) is 6.04 Å². The average Bonchev–Trinajstić information content (AvgIpc) is 2.84. The molecule has 14 heavy (non-hydrogen) atoms. The van der Waals surface area contributed by atoms with Crippen LogP contribution in [0.25, 0.3) is 0 Å². The number of rotatable bonds is 2. The number of hydrogen-bond acceptors (Lipinski definition) is 3. The molecule has 1 aliphatic heterocycles. The lowest BCUT2D eigenvalue weighted by atomic mass is 9.75. The second kappa shape index (κ2) is 3.35. The van der Waals surface area contributed by atoms with Crippen molar-refractivity contribution in [2.24, 2.45) is 5.41 Å². The molecule has 1 spiro atoms. The number of carbonyl (C=O) groups is 1. The van der Waals surface area contributed by atoms with Crippen LogP contribution in [0.3, 0.4) is 0 Å². The third-order valence-corrected chi connectivity index (χ3v) is 3.83. The minimum Gasteiger partial charge on any atom is -0.437 e. The van der Waals surface area contributed by atoms with E-state index in [2.05, 4.69) is 0 Å². The first-order valence-corrected chi connectivity index (χ1v) is 5.48. The van der Waals surface area contributed by atoms with Gasteiger partial charge in [0.15, 0.2) is 0 Å². The summed E-state index contributed by atoms with van der Waals surface area (Å²) in [6.07, 6.45) is 4.68. The van der Waals surface area contributed by atoms with Crippen molar-refractivity contribution in [2.75, 3.05) is 6.54 Å². The maximum Gasteiger partial charge on any atom is 0.377 e. The molecule has 2 aliphatic rings. The van der Waals surface area contributed by atoms with Crippen molar-refractivity contribution < 1.29 is 9.82 Å². The van der Waals surface area contributed by atoms with E-state index in [0.717, 1.165) is 19.4 Å². The molecule has 1 atom stereocenters. The first-order valence-electron chi connectivity index (χ1n) is 5.48. The van der Waals surface area contributed by atoms with Crippen LogP contribution in [-0.4, -0.2) is 35.3 Å². The van der Waals surface area contributed by atoms with Gasteiger partial charge in [-0.05, 0) is 51.4 Å². The van der Waals surface area contributed by atoms with E-state index in [0.29, 0.717) is 5.41 Å². The second-order valence-corrected chi connectivity index (χ2v) is 4.95. The largest absolute Gasteiger partial charge is 0.437 e. The van der Waals surface area contributed by atoms with Crippen molar-refractivity contribution in [3.05, 3.63) is 0 Å². The van der Waals surface area contributed by atoms with E-state index < -0.39 is 7.05 Å². The molecule has 0 aromatic rings. The number of hydrogen-bond donors (Lipinski definition) is 1. The first-order chi connectivity index (χ1) is 6.54. The quantitative estimate of drug-likeness (QED) is 0.666. The number of piperidine rings is 1. The Kier molecular flexibility index (Phi) is 2.44. The lowest BCUT2D eigenvalue weighted by Crippen LogP contribution is -2.53. The fourth-order valence-corrected chi connectivity index (χ4v) is 2.61. The molecule has 0 unspecified atom stereocenters. The Balaban J connectivity index is 2.08. The smallest absolute Gasteiger partial charge is 0.377 e. The van der Waals surface area contributed by atoms with E-state index in [1.807, 2.05) is 4.81 Å². The molecule has 1 N–H and O–H groups in total. The third kappa shape index (κ3) is 1.73. The van der Waals surface area contributed by atoms with E-state index in [9.17, 15) is 9.82 Å². The molecule has 0 bridgehead atoms. The van der Waals surface area contributed by atoms with Crippen LogP contribution in [0.15, 0.2) is 0 Å². The minimum absolute atomic E-state index is 0.0359. The Morgan fingerprint density at radius 2 is 2.14 bits per heavy atom. The Morgan fingerprint density at radius 3 is 2.57 bits per heavy atom. The van der Waals surface area contributed by atoms with Gasteiger partial charge in [-0.15, -0.1) is 0 Å². The summed E-state index contributed by atoms with van der Waals surface area (Å²) in [5, 5.41) is 9.56. The molecule has 1 heterocycles. The summed E-state index contributed by atoms with van der Waals surface area (Å²) in [5.74, 6) is 0.205. The van der Waals surface area contributed by atoms with Crippen LogP contribution in [0.4, 0.5) is 0 Å². The average molecular weight is 195 g/mol. The lowest BCUT2D eigenvalue weighted by molar-refractivity contribution is -0.122. The fraction of sp³-hybridized carbons (Fsp3) is 0.900. The maximum absolute atomic E-state index is 11.5.